The quantitative estimate of drug-likeness (QED) is 0.436. The van der Waals surface area contributed by atoms with Crippen molar-refractivity contribution in [1.82, 2.24) is 10.1 Å². The van der Waals surface area contributed by atoms with Gasteiger partial charge in [0.15, 0.2) is 0 Å². The number of hydrogen-bond donors (Lipinski definition) is 0. The molecule has 1 unspecified atom stereocenters. The third-order valence-corrected chi connectivity index (χ3v) is 5.96. The van der Waals surface area contributed by atoms with E-state index in [4.69, 9.17) is 9.26 Å². The largest absolute Gasteiger partial charge is 0.497 e. The van der Waals surface area contributed by atoms with Crippen LogP contribution >= 0.6 is 0 Å². The second-order valence-corrected chi connectivity index (χ2v) is 8.30. The van der Waals surface area contributed by atoms with Gasteiger partial charge >= 0.3 is 0 Å². The van der Waals surface area contributed by atoms with Crippen molar-refractivity contribution in [3.05, 3.63) is 65.7 Å². The molecule has 0 saturated carbocycles. The maximum atomic E-state index is 13.6. The lowest BCUT2D eigenvalue weighted by Crippen LogP contribution is -2.38. The van der Waals surface area contributed by atoms with Crippen molar-refractivity contribution in [2.45, 2.75) is 52.7 Å². The summed E-state index contributed by atoms with van der Waals surface area (Å²) in [7, 11) is 3.61. The number of anilines is 1. The van der Waals surface area contributed by atoms with Crippen molar-refractivity contribution in [2.24, 2.45) is 0 Å². The van der Waals surface area contributed by atoms with Crippen LogP contribution in [0.4, 0.5) is 5.88 Å². The Balaban J connectivity index is 2.04. The molecule has 3 rings (SSSR count). The highest BCUT2D eigenvalue weighted by Gasteiger charge is 2.28. The molecule has 6 heteroatoms. The fourth-order valence-corrected chi connectivity index (χ4v) is 3.50. The fraction of sp³-hybridized carbons (Fsp3) is 0.385. The standard InChI is InChI=1S/C26H33N3O3/c1-7-19(4)29(25(30)21-13-15-22(31-6)16-14-21)17-23-24(20-11-9-8-10-12-20)27-32-26(23)28(5)18(2)3/h8-16,18-19H,7,17H2,1-6H3. The zero-order valence-corrected chi connectivity index (χ0v) is 19.8. The normalized spacial score (nSPS) is 12.0. The first kappa shape index (κ1) is 23.4. The van der Waals surface area contributed by atoms with Gasteiger partial charge in [0.05, 0.1) is 19.2 Å². The molecule has 0 fully saturated rings. The molecule has 0 bridgehead atoms. The van der Waals surface area contributed by atoms with E-state index < -0.39 is 0 Å². The molecule has 0 radical (unpaired) electrons. The van der Waals surface area contributed by atoms with E-state index in [0.717, 1.165) is 29.0 Å². The third-order valence-electron chi connectivity index (χ3n) is 5.96. The summed E-state index contributed by atoms with van der Waals surface area (Å²) in [4.78, 5) is 17.5. The average molecular weight is 436 g/mol. The highest BCUT2D eigenvalue weighted by molar-refractivity contribution is 5.94. The number of ether oxygens (including phenoxy) is 1. The minimum absolute atomic E-state index is 0.0274. The predicted octanol–water partition coefficient (Wildman–Crippen LogP) is 5.64. The van der Waals surface area contributed by atoms with Crippen LogP contribution in [0.25, 0.3) is 11.3 Å². The lowest BCUT2D eigenvalue weighted by Gasteiger charge is -2.30. The van der Waals surface area contributed by atoms with Gasteiger partial charge in [-0.2, -0.15) is 0 Å². The molecule has 3 aromatic rings. The van der Waals surface area contributed by atoms with E-state index in [1.54, 1.807) is 7.11 Å². The van der Waals surface area contributed by atoms with Gasteiger partial charge in [-0.15, -0.1) is 0 Å². The maximum Gasteiger partial charge on any atom is 0.254 e. The van der Waals surface area contributed by atoms with E-state index >= 15 is 0 Å². The van der Waals surface area contributed by atoms with E-state index in [1.807, 2.05) is 66.5 Å². The van der Waals surface area contributed by atoms with Crippen LogP contribution in [0.3, 0.4) is 0 Å². The topological polar surface area (TPSA) is 58.8 Å². The summed E-state index contributed by atoms with van der Waals surface area (Å²) in [5.74, 6) is 1.39. The van der Waals surface area contributed by atoms with Gasteiger partial charge in [0.2, 0.25) is 5.88 Å². The number of aromatic nitrogens is 1. The van der Waals surface area contributed by atoms with Gasteiger partial charge < -0.3 is 19.1 Å². The Morgan fingerprint density at radius 2 is 1.72 bits per heavy atom. The minimum Gasteiger partial charge on any atom is -0.497 e. The van der Waals surface area contributed by atoms with Crippen molar-refractivity contribution in [1.29, 1.82) is 0 Å². The first-order valence-corrected chi connectivity index (χ1v) is 11.1. The lowest BCUT2D eigenvalue weighted by atomic mass is 10.0. The van der Waals surface area contributed by atoms with Gasteiger partial charge in [0.25, 0.3) is 5.91 Å². The van der Waals surface area contributed by atoms with Crippen LogP contribution in [0.2, 0.25) is 0 Å². The molecule has 0 saturated heterocycles. The molecule has 6 nitrogen and oxygen atoms in total. The summed E-state index contributed by atoms with van der Waals surface area (Å²) in [6.45, 7) is 8.77. The second-order valence-electron chi connectivity index (χ2n) is 8.30. The van der Waals surface area contributed by atoms with Crippen molar-refractivity contribution in [3.63, 3.8) is 0 Å². The van der Waals surface area contributed by atoms with E-state index in [-0.39, 0.29) is 18.0 Å². The molecule has 0 aliphatic rings. The van der Waals surface area contributed by atoms with E-state index in [2.05, 4.69) is 37.8 Å². The maximum absolute atomic E-state index is 13.6. The Labute approximate surface area is 190 Å². The van der Waals surface area contributed by atoms with Crippen LogP contribution < -0.4 is 9.64 Å². The zero-order chi connectivity index (χ0) is 23.3. The van der Waals surface area contributed by atoms with Crippen LogP contribution in [-0.4, -0.2) is 42.2 Å². The molecule has 32 heavy (non-hydrogen) atoms. The smallest absolute Gasteiger partial charge is 0.254 e. The van der Waals surface area contributed by atoms with Crippen LogP contribution in [0.1, 0.15) is 50.0 Å². The molecule has 1 amide bonds. The molecule has 0 aliphatic heterocycles. The second kappa shape index (κ2) is 10.4. The number of hydrogen-bond acceptors (Lipinski definition) is 5. The zero-order valence-electron chi connectivity index (χ0n) is 19.8. The molecule has 0 aliphatic carbocycles. The van der Waals surface area contributed by atoms with E-state index in [1.165, 1.54) is 0 Å². The van der Waals surface area contributed by atoms with E-state index in [0.29, 0.717) is 18.0 Å². The minimum atomic E-state index is -0.0274. The average Bonchev–Trinajstić information content (AvgIpc) is 3.25. The van der Waals surface area contributed by atoms with Crippen molar-refractivity contribution in [2.75, 3.05) is 19.1 Å². The monoisotopic (exact) mass is 435 g/mol. The summed E-state index contributed by atoms with van der Waals surface area (Å²) < 4.78 is 11.1. The van der Waals surface area contributed by atoms with Gasteiger partial charge in [0, 0.05) is 30.3 Å². The van der Waals surface area contributed by atoms with Gasteiger partial charge in [-0.25, -0.2) is 0 Å². The van der Waals surface area contributed by atoms with Gasteiger partial charge in [-0.05, 0) is 51.5 Å². The van der Waals surface area contributed by atoms with Crippen molar-refractivity contribution < 1.29 is 14.1 Å². The highest BCUT2D eigenvalue weighted by Crippen LogP contribution is 2.33. The van der Waals surface area contributed by atoms with Crippen molar-refractivity contribution >= 4 is 11.8 Å². The molecular weight excluding hydrogens is 402 g/mol. The Morgan fingerprint density at radius 3 is 2.28 bits per heavy atom. The number of carbonyl (C=O) groups excluding carboxylic acids is 1. The van der Waals surface area contributed by atoms with Gasteiger partial charge in [0.1, 0.15) is 11.4 Å². The SMILES string of the molecule is CCC(C)N(Cc1c(-c2ccccc2)noc1N(C)C(C)C)C(=O)c1ccc(OC)cc1. The Morgan fingerprint density at radius 1 is 1.06 bits per heavy atom. The van der Waals surface area contributed by atoms with E-state index in [9.17, 15) is 4.79 Å². The summed E-state index contributed by atoms with van der Waals surface area (Å²) in [5.41, 5.74) is 3.27. The summed E-state index contributed by atoms with van der Waals surface area (Å²) in [6.07, 6.45) is 0.837. The summed E-state index contributed by atoms with van der Waals surface area (Å²) in [6, 6.07) is 17.5. The Kier molecular flexibility index (Phi) is 7.57. The van der Waals surface area contributed by atoms with Crippen LogP contribution in [0.5, 0.6) is 5.75 Å². The molecule has 1 heterocycles. The van der Waals surface area contributed by atoms with Gasteiger partial charge in [-0.1, -0.05) is 42.4 Å². The van der Waals surface area contributed by atoms with Crippen LogP contribution in [-0.2, 0) is 6.54 Å². The summed E-state index contributed by atoms with van der Waals surface area (Å²) >= 11 is 0. The molecule has 1 atom stereocenters. The number of methoxy groups -OCH3 is 1. The Hall–Kier alpha value is -3.28. The fourth-order valence-electron chi connectivity index (χ4n) is 3.50. The molecule has 2 aromatic carbocycles. The number of benzene rings is 2. The molecule has 0 spiro atoms. The number of carbonyl (C=O) groups is 1. The predicted molar refractivity (Wildman–Crippen MR) is 128 cm³/mol. The van der Waals surface area contributed by atoms with Gasteiger partial charge in [-0.3, -0.25) is 4.79 Å². The number of nitrogens with zero attached hydrogens (tertiary/aromatic N) is 3. The third kappa shape index (κ3) is 4.96. The molecule has 1 aromatic heterocycles. The van der Waals surface area contributed by atoms with Crippen molar-refractivity contribution in [3.8, 4) is 17.0 Å². The highest BCUT2D eigenvalue weighted by atomic mass is 16.5. The summed E-state index contributed by atoms with van der Waals surface area (Å²) in [5, 5.41) is 4.41. The molecule has 0 N–H and O–H groups in total. The lowest BCUT2D eigenvalue weighted by molar-refractivity contribution is 0.0672. The molecule has 170 valence electrons. The first-order chi connectivity index (χ1) is 15.4. The number of amides is 1. The Bertz CT molecular complexity index is 1010. The number of rotatable bonds is 9. The van der Waals surface area contributed by atoms with Crippen LogP contribution in [0.15, 0.2) is 59.1 Å². The molecular formula is C26H33N3O3. The first-order valence-electron chi connectivity index (χ1n) is 11.1. The van der Waals surface area contributed by atoms with Crippen LogP contribution in [0, 0.1) is 0 Å².